The predicted molar refractivity (Wildman–Crippen MR) is 124 cm³/mol. The zero-order chi connectivity index (χ0) is 21.8. The number of hydrogen-bond donors (Lipinski definition) is 3. The Morgan fingerprint density at radius 3 is 2.57 bits per heavy atom. The summed E-state index contributed by atoms with van der Waals surface area (Å²) in [5, 5.41) is 9.63. The quantitative estimate of drug-likeness (QED) is 0.403. The van der Waals surface area contributed by atoms with Crippen LogP contribution in [-0.2, 0) is 11.3 Å². The number of carbonyl (C=O) groups excluding carboxylic acids is 1. The van der Waals surface area contributed by atoms with E-state index in [0.717, 1.165) is 42.3 Å². The second-order valence-corrected chi connectivity index (χ2v) is 7.31. The van der Waals surface area contributed by atoms with E-state index in [1.54, 1.807) is 14.2 Å². The average Bonchev–Trinajstić information content (AvgIpc) is 2.76. The van der Waals surface area contributed by atoms with E-state index in [2.05, 4.69) is 40.0 Å². The molecule has 0 aromatic heterocycles. The zero-order valence-electron chi connectivity index (χ0n) is 18.5. The van der Waals surface area contributed by atoms with E-state index >= 15 is 0 Å². The predicted octanol–water partition coefficient (Wildman–Crippen LogP) is 4.29. The Morgan fingerprint density at radius 1 is 1.13 bits per heavy atom. The molecule has 0 fully saturated rings. The monoisotopic (exact) mass is 410 g/mol. The van der Waals surface area contributed by atoms with Gasteiger partial charge >= 0.3 is 0 Å². The third-order valence-electron chi connectivity index (χ3n) is 4.93. The number of benzene rings is 2. The van der Waals surface area contributed by atoms with Crippen molar-refractivity contribution in [2.45, 2.75) is 45.6 Å². The molecule has 0 aliphatic rings. The van der Waals surface area contributed by atoms with Crippen LogP contribution in [0.2, 0.25) is 0 Å². The lowest BCUT2D eigenvalue weighted by Gasteiger charge is -2.16. The van der Waals surface area contributed by atoms with Gasteiger partial charge in [0.1, 0.15) is 5.75 Å². The van der Waals surface area contributed by atoms with Crippen molar-refractivity contribution in [2.24, 2.45) is 4.99 Å². The van der Waals surface area contributed by atoms with Gasteiger partial charge in [-0.1, -0.05) is 38.1 Å². The Bertz CT molecular complexity index is 818. The highest BCUT2D eigenvalue weighted by atomic mass is 16.5. The maximum Gasteiger partial charge on any atom is 0.224 e. The van der Waals surface area contributed by atoms with Crippen LogP contribution in [0.3, 0.4) is 0 Å². The second kappa shape index (κ2) is 12.5. The van der Waals surface area contributed by atoms with Gasteiger partial charge in [0.2, 0.25) is 5.91 Å². The topological polar surface area (TPSA) is 74.8 Å². The van der Waals surface area contributed by atoms with Crippen molar-refractivity contribution in [1.82, 2.24) is 10.6 Å². The third-order valence-corrected chi connectivity index (χ3v) is 4.93. The summed E-state index contributed by atoms with van der Waals surface area (Å²) in [4.78, 5) is 16.1. The number of amides is 1. The lowest BCUT2D eigenvalue weighted by atomic mass is 9.98. The van der Waals surface area contributed by atoms with Gasteiger partial charge in [-0.3, -0.25) is 9.79 Å². The highest BCUT2D eigenvalue weighted by molar-refractivity contribution is 5.90. The van der Waals surface area contributed by atoms with Crippen LogP contribution in [0.15, 0.2) is 53.5 Å². The first-order valence-electron chi connectivity index (χ1n) is 10.5. The highest BCUT2D eigenvalue weighted by Crippen LogP contribution is 2.21. The van der Waals surface area contributed by atoms with Crippen LogP contribution in [-0.4, -0.2) is 32.6 Å². The van der Waals surface area contributed by atoms with Crippen molar-refractivity contribution in [2.75, 3.05) is 26.0 Å². The summed E-state index contributed by atoms with van der Waals surface area (Å²) in [6, 6.07) is 16.1. The number of anilines is 1. The van der Waals surface area contributed by atoms with Gasteiger partial charge in [-0.15, -0.1) is 0 Å². The van der Waals surface area contributed by atoms with Gasteiger partial charge in [-0.05, 0) is 54.2 Å². The van der Waals surface area contributed by atoms with Crippen LogP contribution >= 0.6 is 0 Å². The molecule has 0 aliphatic carbocycles. The molecule has 0 saturated heterocycles. The SMILES string of the molecule is CCCC(=O)Nc1cccc(CNC(=NC)NCCC(C)c2ccc(OC)cc2)c1. The van der Waals surface area contributed by atoms with E-state index in [-0.39, 0.29) is 5.91 Å². The van der Waals surface area contributed by atoms with Gasteiger partial charge in [0.15, 0.2) is 5.96 Å². The molecule has 3 N–H and O–H groups in total. The molecule has 0 saturated carbocycles. The van der Waals surface area contributed by atoms with Crippen molar-refractivity contribution >= 4 is 17.6 Å². The number of guanidine groups is 1. The standard InChI is InChI=1S/C24H34N4O2/c1-5-7-23(29)28-21-9-6-8-19(16-21)17-27-24(25-3)26-15-14-18(2)20-10-12-22(30-4)13-11-20/h6,8-13,16,18H,5,7,14-15,17H2,1-4H3,(H,28,29)(H2,25,26,27). The normalized spacial score (nSPS) is 12.2. The second-order valence-electron chi connectivity index (χ2n) is 7.31. The van der Waals surface area contributed by atoms with E-state index in [1.165, 1.54) is 5.56 Å². The lowest BCUT2D eigenvalue weighted by molar-refractivity contribution is -0.116. The molecule has 0 bridgehead atoms. The molecule has 0 radical (unpaired) electrons. The number of methoxy groups -OCH3 is 1. The van der Waals surface area contributed by atoms with Gasteiger partial charge in [0.25, 0.3) is 0 Å². The fourth-order valence-electron chi connectivity index (χ4n) is 3.12. The van der Waals surface area contributed by atoms with Crippen LogP contribution in [0.25, 0.3) is 0 Å². The van der Waals surface area contributed by atoms with Gasteiger partial charge in [-0.25, -0.2) is 0 Å². The van der Waals surface area contributed by atoms with E-state index < -0.39 is 0 Å². The molecule has 162 valence electrons. The van der Waals surface area contributed by atoms with Gasteiger partial charge < -0.3 is 20.7 Å². The Morgan fingerprint density at radius 2 is 1.90 bits per heavy atom. The van der Waals surface area contributed by atoms with Crippen LogP contribution in [0, 0.1) is 0 Å². The van der Waals surface area contributed by atoms with Crippen molar-refractivity contribution in [1.29, 1.82) is 0 Å². The number of nitrogens with zero attached hydrogens (tertiary/aromatic N) is 1. The Balaban J connectivity index is 1.78. The van der Waals surface area contributed by atoms with Gasteiger partial charge in [0.05, 0.1) is 7.11 Å². The van der Waals surface area contributed by atoms with Gasteiger partial charge in [0, 0.05) is 32.2 Å². The summed E-state index contributed by atoms with van der Waals surface area (Å²) in [5.41, 5.74) is 3.20. The highest BCUT2D eigenvalue weighted by Gasteiger charge is 2.07. The molecule has 0 aliphatic heterocycles. The molecule has 0 spiro atoms. The molecule has 2 rings (SSSR count). The van der Waals surface area contributed by atoms with Crippen LogP contribution in [0.4, 0.5) is 5.69 Å². The summed E-state index contributed by atoms with van der Waals surface area (Å²) < 4.78 is 5.22. The number of ether oxygens (including phenoxy) is 1. The molecule has 6 heteroatoms. The molecule has 1 atom stereocenters. The number of aliphatic imine (C=N–C) groups is 1. The fraction of sp³-hybridized carbons (Fsp3) is 0.417. The van der Waals surface area contributed by atoms with Gasteiger partial charge in [-0.2, -0.15) is 0 Å². The first-order valence-corrected chi connectivity index (χ1v) is 10.5. The van der Waals surface area contributed by atoms with Crippen LogP contribution in [0.5, 0.6) is 5.75 Å². The minimum absolute atomic E-state index is 0.0473. The first-order chi connectivity index (χ1) is 14.5. The largest absolute Gasteiger partial charge is 0.497 e. The maximum atomic E-state index is 11.8. The van der Waals surface area contributed by atoms with E-state index in [0.29, 0.717) is 18.9 Å². The maximum absolute atomic E-state index is 11.8. The minimum Gasteiger partial charge on any atom is -0.497 e. The molecule has 2 aromatic rings. The summed E-state index contributed by atoms with van der Waals surface area (Å²) in [6.45, 7) is 5.67. The molecule has 6 nitrogen and oxygen atoms in total. The average molecular weight is 411 g/mol. The molecular formula is C24H34N4O2. The van der Waals surface area contributed by atoms with Crippen molar-refractivity contribution in [3.63, 3.8) is 0 Å². The number of hydrogen-bond acceptors (Lipinski definition) is 3. The van der Waals surface area contributed by atoms with E-state index in [4.69, 9.17) is 4.74 Å². The fourth-order valence-corrected chi connectivity index (χ4v) is 3.12. The Kier molecular flexibility index (Phi) is 9.71. The molecule has 2 aromatic carbocycles. The van der Waals surface area contributed by atoms with Crippen molar-refractivity contribution < 1.29 is 9.53 Å². The smallest absolute Gasteiger partial charge is 0.224 e. The van der Waals surface area contributed by atoms with E-state index in [1.807, 2.05) is 43.3 Å². The summed E-state index contributed by atoms with van der Waals surface area (Å²) >= 11 is 0. The Labute approximate surface area is 180 Å². The van der Waals surface area contributed by atoms with Crippen LogP contribution in [0.1, 0.15) is 50.2 Å². The van der Waals surface area contributed by atoms with E-state index in [9.17, 15) is 4.79 Å². The number of carbonyl (C=O) groups is 1. The van der Waals surface area contributed by atoms with Crippen molar-refractivity contribution in [3.8, 4) is 5.75 Å². The molecular weight excluding hydrogens is 376 g/mol. The molecule has 1 amide bonds. The molecule has 0 heterocycles. The Hall–Kier alpha value is -3.02. The van der Waals surface area contributed by atoms with Crippen molar-refractivity contribution in [3.05, 3.63) is 59.7 Å². The zero-order valence-corrected chi connectivity index (χ0v) is 18.5. The molecule has 30 heavy (non-hydrogen) atoms. The number of nitrogens with one attached hydrogen (secondary N) is 3. The lowest BCUT2D eigenvalue weighted by Crippen LogP contribution is -2.37. The first kappa shape index (κ1) is 23.3. The molecule has 1 unspecified atom stereocenters. The third kappa shape index (κ3) is 7.78. The minimum atomic E-state index is 0.0473. The van der Waals surface area contributed by atoms with Crippen LogP contribution < -0.4 is 20.7 Å². The summed E-state index contributed by atoms with van der Waals surface area (Å²) in [6.07, 6.45) is 2.37. The summed E-state index contributed by atoms with van der Waals surface area (Å²) in [7, 11) is 3.45. The summed E-state index contributed by atoms with van der Waals surface area (Å²) in [5.74, 6) is 2.12. The number of rotatable bonds is 10.